The average molecular weight is 277 g/mol. The topological polar surface area (TPSA) is 66.9 Å². The molecule has 19 heavy (non-hydrogen) atoms. The van der Waals surface area contributed by atoms with Crippen molar-refractivity contribution in [3.05, 3.63) is 53.1 Å². The number of hydrogen-bond donors (Lipinski definition) is 2. The molecule has 0 spiro atoms. The molecule has 0 saturated heterocycles. The number of carbonyl (C=O) groups excluding carboxylic acids is 1. The number of rotatable bonds is 4. The third-order valence-electron chi connectivity index (χ3n) is 2.55. The Morgan fingerprint density at radius 3 is 2.74 bits per heavy atom. The first kappa shape index (κ1) is 13.3. The van der Waals surface area contributed by atoms with Crippen LogP contribution in [0.5, 0.6) is 0 Å². The van der Waals surface area contributed by atoms with Gasteiger partial charge in [0.2, 0.25) is 0 Å². The van der Waals surface area contributed by atoms with Gasteiger partial charge in [-0.05, 0) is 18.2 Å². The SMILES string of the molecule is CNC(=O)c1ccc(Cl)c(NCc2cncnc2)c1. The number of nitrogens with one attached hydrogen (secondary N) is 2. The summed E-state index contributed by atoms with van der Waals surface area (Å²) in [6, 6.07) is 5.08. The fourth-order valence-corrected chi connectivity index (χ4v) is 1.75. The molecule has 0 atom stereocenters. The summed E-state index contributed by atoms with van der Waals surface area (Å²) in [7, 11) is 1.59. The number of hydrogen-bond acceptors (Lipinski definition) is 4. The van der Waals surface area contributed by atoms with Gasteiger partial charge in [-0.2, -0.15) is 0 Å². The molecule has 6 heteroatoms. The molecule has 1 heterocycles. The van der Waals surface area contributed by atoms with Gasteiger partial charge in [-0.3, -0.25) is 4.79 Å². The van der Waals surface area contributed by atoms with Crippen LogP contribution in [0.4, 0.5) is 5.69 Å². The molecular formula is C13H13ClN4O. The van der Waals surface area contributed by atoms with E-state index in [2.05, 4.69) is 20.6 Å². The van der Waals surface area contributed by atoms with Crippen LogP contribution in [0.2, 0.25) is 5.02 Å². The first-order valence-corrected chi connectivity index (χ1v) is 6.08. The van der Waals surface area contributed by atoms with Crippen LogP contribution in [-0.2, 0) is 6.54 Å². The van der Waals surface area contributed by atoms with E-state index < -0.39 is 0 Å². The van der Waals surface area contributed by atoms with Crippen molar-refractivity contribution in [3.63, 3.8) is 0 Å². The van der Waals surface area contributed by atoms with E-state index in [1.54, 1.807) is 37.6 Å². The minimum atomic E-state index is -0.150. The highest BCUT2D eigenvalue weighted by Crippen LogP contribution is 2.23. The average Bonchev–Trinajstić information content (AvgIpc) is 2.46. The van der Waals surface area contributed by atoms with Gasteiger partial charge in [0.05, 0.1) is 10.7 Å². The number of halogens is 1. The molecule has 98 valence electrons. The molecule has 1 aromatic heterocycles. The second-order valence-electron chi connectivity index (χ2n) is 3.87. The lowest BCUT2D eigenvalue weighted by Crippen LogP contribution is -2.17. The molecule has 1 aromatic carbocycles. The Hall–Kier alpha value is -2.14. The van der Waals surface area contributed by atoms with Crippen molar-refractivity contribution < 1.29 is 4.79 Å². The Morgan fingerprint density at radius 1 is 1.32 bits per heavy atom. The van der Waals surface area contributed by atoms with E-state index in [1.807, 2.05) is 0 Å². The van der Waals surface area contributed by atoms with Crippen molar-refractivity contribution in [3.8, 4) is 0 Å². The summed E-state index contributed by atoms with van der Waals surface area (Å²) in [5.41, 5.74) is 2.19. The molecule has 1 amide bonds. The maximum atomic E-state index is 11.5. The highest BCUT2D eigenvalue weighted by atomic mass is 35.5. The van der Waals surface area contributed by atoms with Crippen molar-refractivity contribution in [2.75, 3.05) is 12.4 Å². The van der Waals surface area contributed by atoms with Crippen LogP contribution < -0.4 is 10.6 Å². The number of anilines is 1. The maximum Gasteiger partial charge on any atom is 0.251 e. The smallest absolute Gasteiger partial charge is 0.251 e. The van der Waals surface area contributed by atoms with Gasteiger partial charge in [0.25, 0.3) is 5.91 Å². The fraction of sp³-hybridized carbons (Fsp3) is 0.154. The molecule has 2 N–H and O–H groups in total. The molecule has 2 aromatic rings. The Balaban J connectivity index is 2.13. The minimum absolute atomic E-state index is 0.150. The molecule has 5 nitrogen and oxygen atoms in total. The first-order chi connectivity index (χ1) is 9.20. The summed E-state index contributed by atoms with van der Waals surface area (Å²) in [5.74, 6) is -0.150. The van der Waals surface area contributed by atoms with Gasteiger partial charge in [0, 0.05) is 37.1 Å². The van der Waals surface area contributed by atoms with Gasteiger partial charge in [-0.15, -0.1) is 0 Å². The largest absolute Gasteiger partial charge is 0.380 e. The van der Waals surface area contributed by atoms with Gasteiger partial charge in [-0.25, -0.2) is 9.97 Å². The quantitative estimate of drug-likeness (QED) is 0.897. The monoisotopic (exact) mass is 276 g/mol. The molecule has 0 aliphatic rings. The normalized spacial score (nSPS) is 10.0. The number of benzene rings is 1. The number of nitrogens with zero attached hydrogens (tertiary/aromatic N) is 2. The summed E-state index contributed by atoms with van der Waals surface area (Å²) in [6.07, 6.45) is 4.91. The van der Waals surface area contributed by atoms with E-state index in [4.69, 9.17) is 11.6 Å². The lowest BCUT2D eigenvalue weighted by Gasteiger charge is -2.09. The summed E-state index contributed by atoms with van der Waals surface area (Å²) in [6.45, 7) is 0.539. The highest BCUT2D eigenvalue weighted by Gasteiger charge is 2.07. The maximum absolute atomic E-state index is 11.5. The number of amides is 1. The molecule has 0 unspecified atom stereocenters. The van der Waals surface area contributed by atoms with Gasteiger partial charge in [0.1, 0.15) is 6.33 Å². The van der Waals surface area contributed by atoms with Gasteiger partial charge in [-0.1, -0.05) is 11.6 Å². The van der Waals surface area contributed by atoms with Crippen LogP contribution in [0.3, 0.4) is 0 Å². The summed E-state index contributed by atoms with van der Waals surface area (Å²) >= 11 is 6.08. The van der Waals surface area contributed by atoms with E-state index in [9.17, 15) is 4.79 Å². The van der Waals surface area contributed by atoms with Crippen LogP contribution in [-0.4, -0.2) is 22.9 Å². The predicted molar refractivity (Wildman–Crippen MR) is 74.2 cm³/mol. The van der Waals surface area contributed by atoms with Crippen molar-refractivity contribution in [2.24, 2.45) is 0 Å². The molecule has 0 fully saturated rings. The Labute approximate surface area is 116 Å². The van der Waals surface area contributed by atoms with Crippen LogP contribution in [0, 0.1) is 0 Å². The second-order valence-corrected chi connectivity index (χ2v) is 4.28. The van der Waals surface area contributed by atoms with Crippen LogP contribution in [0.25, 0.3) is 0 Å². The molecule has 2 rings (SSSR count). The second kappa shape index (κ2) is 6.15. The third-order valence-corrected chi connectivity index (χ3v) is 2.88. The van der Waals surface area contributed by atoms with Gasteiger partial charge < -0.3 is 10.6 Å². The Morgan fingerprint density at radius 2 is 2.05 bits per heavy atom. The highest BCUT2D eigenvalue weighted by molar-refractivity contribution is 6.33. The van der Waals surface area contributed by atoms with Crippen molar-refractivity contribution in [1.82, 2.24) is 15.3 Å². The zero-order valence-electron chi connectivity index (χ0n) is 10.4. The third kappa shape index (κ3) is 3.42. The zero-order chi connectivity index (χ0) is 13.7. The van der Waals surface area contributed by atoms with Gasteiger partial charge >= 0.3 is 0 Å². The fourth-order valence-electron chi connectivity index (χ4n) is 1.56. The molecule has 0 aliphatic carbocycles. The van der Waals surface area contributed by atoms with Crippen molar-refractivity contribution >= 4 is 23.2 Å². The first-order valence-electron chi connectivity index (χ1n) is 5.70. The van der Waals surface area contributed by atoms with Crippen LogP contribution >= 0.6 is 11.6 Å². The van der Waals surface area contributed by atoms with E-state index in [1.165, 1.54) is 6.33 Å². The summed E-state index contributed by atoms with van der Waals surface area (Å²) < 4.78 is 0. The number of carbonyl (C=O) groups is 1. The Kier molecular flexibility index (Phi) is 4.30. The van der Waals surface area contributed by atoms with Crippen LogP contribution in [0.15, 0.2) is 36.9 Å². The molecule has 0 saturated carbocycles. The zero-order valence-corrected chi connectivity index (χ0v) is 11.1. The van der Waals surface area contributed by atoms with E-state index in [-0.39, 0.29) is 5.91 Å². The minimum Gasteiger partial charge on any atom is -0.380 e. The number of aromatic nitrogens is 2. The van der Waals surface area contributed by atoms with Gasteiger partial charge in [0.15, 0.2) is 0 Å². The van der Waals surface area contributed by atoms with E-state index >= 15 is 0 Å². The molecule has 0 bridgehead atoms. The standard InChI is InChI=1S/C13H13ClN4O/c1-15-13(19)10-2-3-11(14)12(4-10)18-7-9-5-16-8-17-6-9/h2-6,8,18H,7H2,1H3,(H,15,19). The molecule has 0 radical (unpaired) electrons. The summed E-state index contributed by atoms with van der Waals surface area (Å²) in [4.78, 5) is 19.4. The van der Waals surface area contributed by atoms with Crippen LogP contribution in [0.1, 0.15) is 15.9 Å². The molecule has 0 aliphatic heterocycles. The molecular weight excluding hydrogens is 264 g/mol. The van der Waals surface area contributed by atoms with Crippen molar-refractivity contribution in [1.29, 1.82) is 0 Å². The van der Waals surface area contributed by atoms with E-state index in [0.717, 1.165) is 5.56 Å². The lowest BCUT2D eigenvalue weighted by molar-refractivity contribution is 0.0963. The Bertz CT molecular complexity index is 574. The lowest BCUT2D eigenvalue weighted by atomic mass is 10.2. The predicted octanol–water partition coefficient (Wildman–Crippen LogP) is 2.10. The van der Waals surface area contributed by atoms with E-state index in [0.29, 0.717) is 22.8 Å². The van der Waals surface area contributed by atoms with Crippen molar-refractivity contribution in [2.45, 2.75) is 6.54 Å². The summed E-state index contributed by atoms with van der Waals surface area (Å²) in [5, 5.41) is 6.29.